The molecule has 3 rings (SSSR count). The molecule has 0 aliphatic heterocycles. The zero-order valence-electron chi connectivity index (χ0n) is 12.3. The second-order valence-electron chi connectivity index (χ2n) is 4.88. The summed E-state index contributed by atoms with van der Waals surface area (Å²) in [6, 6.07) is 21.5. The lowest BCUT2D eigenvalue weighted by Crippen LogP contribution is -1.83. The molecule has 4 heteroatoms. The molecule has 0 aliphatic rings. The van der Waals surface area contributed by atoms with Gasteiger partial charge in [-0.15, -0.1) is 0 Å². The van der Waals surface area contributed by atoms with Gasteiger partial charge in [0.05, 0.1) is 5.69 Å². The highest BCUT2D eigenvalue weighted by atomic mass is 16.5. The minimum atomic E-state index is -0.180. The molecule has 0 bridgehead atoms. The van der Waals surface area contributed by atoms with Gasteiger partial charge < -0.3 is 14.9 Å². The summed E-state index contributed by atoms with van der Waals surface area (Å²) < 4.78 is 5.71. The molecule has 0 spiro atoms. The molecule has 3 aromatic carbocycles. The van der Waals surface area contributed by atoms with E-state index in [0.29, 0.717) is 11.3 Å². The van der Waals surface area contributed by atoms with Gasteiger partial charge in [0, 0.05) is 11.8 Å². The average Bonchev–Trinajstić information content (AvgIpc) is 2.58. The number of aliphatic imine (C=N–C) groups is 1. The van der Waals surface area contributed by atoms with Crippen molar-refractivity contribution in [2.45, 2.75) is 0 Å². The predicted octanol–water partition coefficient (Wildman–Crippen LogP) is 4.64. The third kappa shape index (κ3) is 3.68. The number of hydrogen-bond acceptors (Lipinski definition) is 4. The van der Waals surface area contributed by atoms with Crippen LogP contribution < -0.4 is 4.74 Å². The summed E-state index contributed by atoms with van der Waals surface area (Å²) >= 11 is 0. The maximum atomic E-state index is 9.72. The maximum absolute atomic E-state index is 9.72. The fourth-order valence-corrected chi connectivity index (χ4v) is 2.02. The third-order valence-corrected chi connectivity index (χ3v) is 3.21. The Balaban J connectivity index is 1.72. The van der Waals surface area contributed by atoms with Crippen LogP contribution in [0.1, 0.15) is 5.56 Å². The fourth-order valence-electron chi connectivity index (χ4n) is 2.02. The number of nitrogens with zero attached hydrogens (tertiary/aromatic N) is 1. The largest absolute Gasteiger partial charge is 0.504 e. The van der Waals surface area contributed by atoms with Crippen LogP contribution in [0, 0.1) is 0 Å². The molecule has 0 fully saturated rings. The van der Waals surface area contributed by atoms with E-state index in [-0.39, 0.29) is 11.5 Å². The first-order valence-corrected chi connectivity index (χ1v) is 7.10. The average molecular weight is 305 g/mol. The van der Waals surface area contributed by atoms with E-state index in [1.807, 2.05) is 54.6 Å². The van der Waals surface area contributed by atoms with Gasteiger partial charge in [-0.3, -0.25) is 4.99 Å². The zero-order valence-corrected chi connectivity index (χ0v) is 12.3. The monoisotopic (exact) mass is 305 g/mol. The molecule has 3 aromatic rings. The Morgan fingerprint density at radius 3 is 2.17 bits per heavy atom. The van der Waals surface area contributed by atoms with E-state index >= 15 is 0 Å². The molecule has 0 unspecified atom stereocenters. The van der Waals surface area contributed by atoms with Gasteiger partial charge >= 0.3 is 0 Å². The van der Waals surface area contributed by atoms with Crippen LogP contribution in [0.3, 0.4) is 0 Å². The van der Waals surface area contributed by atoms with Gasteiger partial charge in [0.25, 0.3) is 0 Å². The van der Waals surface area contributed by atoms with Crippen LogP contribution in [-0.2, 0) is 0 Å². The Labute approximate surface area is 134 Å². The Bertz CT molecular complexity index is 812. The van der Waals surface area contributed by atoms with Crippen LogP contribution in [0.15, 0.2) is 77.8 Å². The summed E-state index contributed by atoms with van der Waals surface area (Å²) in [5, 5.41) is 19.2. The molecular formula is C19H15NO3. The number of rotatable bonds is 4. The number of ether oxygens (including phenoxy) is 1. The van der Waals surface area contributed by atoms with Crippen molar-refractivity contribution in [2.75, 3.05) is 0 Å². The molecule has 4 nitrogen and oxygen atoms in total. The molecule has 0 aliphatic carbocycles. The van der Waals surface area contributed by atoms with Gasteiger partial charge in [0.2, 0.25) is 0 Å². The first-order chi connectivity index (χ1) is 11.2. The van der Waals surface area contributed by atoms with Crippen molar-refractivity contribution in [2.24, 2.45) is 4.99 Å². The van der Waals surface area contributed by atoms with Crippen molar-refractivity contribution < 1.29 is 14.9 Å². The van der Waals surface area contributed by atoms with Gasteiger partial charge in [-0.05, 0) is 48.5 Å². The molecular weight excluding hydrogens is 290 g/mol. The first kappa shape index (κ1) is 14.7. The van der Waals surface area contributed by atoms with Gasteiger partial charge in [-0.25, -0.2) is 0 Å². The molecule has 0 atom stereocenters. The summed E-state index contributed by atoms with van der Waals surface area (Å²) in [6.07, 6.45) is 1.50. The Morgan fingerprint density at radius 1 is 0.739 bits per heavy atom. The molecule has 114 valence electrons. The molecule has 0 radical (unpaired) electrons. The van der Waals surface area contributed by atoms with E-state index in [9.17, 15) is 10.2 Å². The second-order valence-corrected chi connectivity index (χ2v) is 4.88. The number of aromatic hydroxyl groups is 2. The SMILES string of the molecule is Oc1cccc(C=Nc2ccc(Oc3ccccc3)cc2)c1O. The molecule has 0 amide bonds. The van der Waals surface area contributed by atoms with Crippen LogP contribution in [0.4, 0.5) is 5.69 Å². The minimum absolute atomic E-state index is 0.166. The van der Waals surface area contributed by atoms with E-state index in [0.717, 1.165) is 11.5 Å². The number of phenolic OH excluding ortho intramolecular Hbond substituents is 2. The van der Waals surface area contributed by atoms with Crippen molar-refractivity contribution in [3.05, 3.63) is 78.4 Å². The lowest BCUT2D eigenvalue weighted by molar-refractivity contribution is 0.403. The highest BCUT2D eigenvalue weighted by molar-refractivity contribution is 5.86. The molecule has 2 N–H and O–H groups in total. The number of hydrogen-bond donors (Lipinski definition) is 2. The van der Waals surface area contributed by atoms with E-state index < -0.39 is 0 Å². The van der Waals surface area contributed by atoms with E-state index in [1.54, 1.807) is 12.1 Å². The zero-order chi connectivity index (χ0) is 16.1. The van der Waals surface area contributed by atoms with Gasteiger partial charge in [0.1, 0.15) is 11.5 Å². The lowest BCUT2D eigenvalue weighted by Gasteiger charge is -2.05. The van der Waals surface area contributed by atoms with E-state index in [2.05, 4.69) is 4.99 Å². The smallest absolute Gasteiger partial charge is 0.166 e. The van der Waals surface area contributed by atoms with Gasteiger partial charge in [0.15, 0.2) is 11.5 Å². The predicted molar refractivity (Wildman–Crippen MR) is 90.0 cm³/mol. The van der Waals surface area contributed by atoms with E-state index in [4.69, 9.17) is 4.74 Å². The molecule has 0 heterocycles. The number of phenols is 2. The molecule has 0 saturated heterocycles. The molecule has 23 heavy (non-hydrogen) atoms. The van der Waals surface area contributed by atoms with Gasteiger partial charge in [-0.2, -0.15) is 0 Å². The van der Waals surface area contributed by atoms with Gasteiger partial charge in [-0.1, -0.05) is 24.3 Å². The topological polar surface area (TPSA) is 62.1 Å². The summed E-state index contributed by atoms with van der Waals surface area (Å²) in [7, 11) is 0. The highest BCUT2D eigenvalue weighted by Crippen LogP contribution is 2.28. The molecule has 0 saturated carbocycles. The highest BCUT2D eigenvalue weighted by Gasteiger charge is 2.03. The lowest BCUT2D eigenvalue weighted by atomic mass is 10.2. The fraction of sp³-hybridized carbons (Fsp3) is 0. The van der Waals surface area contributed by atoms with E-state index in [1.165, 1.54) is 12.3 Å². The normalized spacial score (nSPS) is 10.8. The Hall–Kier alpha value is -3.27. The summed E-state index contributed by atoms with van der Waals surface area (Å²) in [6.45, 7) is 0. The van der Waals surface area contributed by atoms with Crippen LogP contribution in [0.2, 0.25) is 0 Å². The molecule has 0 aromatic heterocycles. The summed E-state index contributed by atoms with van der Waals surface area (Å²) in [4.78, 5) is 4.27. The number of benzene rings is 3. The maximum Gasteiger partial charge on any atom is 0.166 e. The van der Waals surface area contributed by atoms with Crippen LogP contribution in [-0.4, -0.2) is 16.4 Å². The van der Waals surface area contributed by atoms with Crippen LogP contribution in [0.5, 0.6) is 23.0 Å². The van der Waals surface area contributed by atoms with Crippen LogP contribution >= 0.6 is 0 Å². The van der Waals surface area contributed by atoms with Crippen molar-refractivity contribution in [3.8, 4) is 23.0 Å². The number of para-hydroxylation sites is 2. The van der Waals surface area contributed by atoms with Crippen molar-refractivity contribution in [1.82, 2.24) is 0 Å². The third-order valence-electron chi connectivity index (χ3n) is 3.21. The first-order valence-electron chi connectivity index (χ1n) is 7.10. The van der Waals surface area contributed by atoms with Crippen molar-refractivity contribution in [3.63, 3.8) is 0 Å². The summed E-state index contributed by atoms with van der Waals surface area (Å²) in [5.41, 5.74) is 1.17. The van der Waals surface area contributed by atoms with Crippen LogP contribution in [0.25, 0.3) is 0 Å². The Kier molecular flexibility index (Phi) is 4.25. The summed E-state index contributed by atoms with van der Waals surface area (Å²) in [5.74, 6) is 1.14. The van der Waals surface area contributed by atoms with Crippen molar-refractivity contribution in [1.29, 1.82) is 0 Å². The Morgan fingerprint density at radius 2 is 1.43 bits per heavy atom. The van der Waals surface area contributed by atoms with Crippen molar-refractivity contribution >= 4 is 11.9 Å². The second kappa shape index (κ2) is 6.66. The standard InChI is InChI=1S/C19H15NO3/c21-18-8-4-5-14(19(18)22)13-20-15-9-11-17(12-10-15)23-16-6-2-1-3-7-16/h1-13,21-22H. The quantitative estimate of drug-likeness (QED) is 0.545. The minimum Gasteiger partial charge on any atom is -0.504 e.